The third kappa shape index (κ3) is 3.37. The van der Waals surface area contributed by atoms with Crippen LogP contribution in [0.25, 0.3) is 0 Å². The fourth-order valence-corrected chi connectivity index (χ4v) is 1.81. The van der Waals surface area contributed by atoms with Gasteiger partial charge in [-0.3, -0.25) is 4.79 Å². The number of amides is 1. The van der Waals surface area contributed by atoms with Crippen molar-refractivity contribution in [3.8, 4) is 0 Å². The second kappa shape index (κ2) is 5.57. The summed E-state index contributed by atoms with van der Waals surface area (Å²) in [5.41, 5.74) is 13.3. The number of nitrogens with zero attached hydrogens (tertiary/aromatic N) is 1. The average Bonchev–Trinajstić information content (AvgIpc) is 2.26. The lowest BCUT2D eigenvalue weighted by molar-refractivity contribution is 0.100. The first-order valence-electron chi connectivity index (χ1n) is 5.90. The van der Waals surface area contributed by atoms with Gasteiger partial charge in [0.1, 0.15) is 0 Å². The minimum atomic E-state index is -0.424. The second-order valence-corrected chi connectivity index (χ2v) is 4.57. The molecule has 1 rings (SSSR count). The van der Waals surface area contributed by atoms with E-state index in [1.807, 2.05) is 0 Å². The van der Waals surface area contributed by atoms with Crippen molar-refractivity contribution in [2.24, 2.45) is 11.7 Å². The molecule has 4 heteroatoms. The molecule has 1 amide bonds. The van der Waals surface area contributed by atoms with Gasteiger partial charge in [0.15, 0.2) is 0 Å². The van der Waals surface area contributed by atoms with Crippen LogP contribution in [0.15, 0.2) is 18.2 Å². The van der Waals surface area contributed by atoms with Crippen molar-refractivity contribution in [3.63, 3.8) is 0 Å². The Kier molecular flexibility index (Phi) is 4.37. The molecular weight excluding hydrogens is 214 g/mol. The molecular formula is C13H21N3O. The first-order chi connectivity index (χ1) is 7.95. The van der Waals surface area contributed by atoms with Gasteiger partial charge in [0.2, 0.25) is 5.91 Å². The predicted octanol–water partition coefficient (Wildman–Crippen LogP) is 1.85. The molecule has 0 unspecified atom stereocenters. The molecule has 0 aliphatic rings. The first kappa shape index (κ1) is 13.4. The number of hydrogen-bond donors (Lipinski definition) is 2. The molecule has 0 radical (unpaired) electrons. The van der Waals surface area contributed by atoms with Crippen molar-refractivity contribution in [2.75, 3.05) is 23.7 Å². The van der Waals surface area contributed by atoms with Crippen LogP contribution in [0.4, 0.5) is 11.4 Å². The highest BCUT2D eigenvalue weighted by Gasteiger charge is 2.12. The van der Waals surface area contributed by atoms with E-state index in [1.54, 1.807) is 18.2 Å². The Hall–Kier alpha value is -1.71. The summed E-state index contributed by atoms with van der Waals surface area (Å²) in [6.07, 6.45) is 0. The highest BCUT2D eigenvalue weighted by molar-refractivity contribution is 5.95. The Morgan fingerprint density at radius 2 is 2.06 bits per heavy atom. The molecule has 0 heterocycles. The maximum Gasteiger partial charge on any atom is 0.248 e. The van der Waals surface area contributed by atoms with Crippen LogP contribution in [0, 0.1) is 5.92 Å². The number of nitrogens with two attached hydrogens (primary N) is 2. The Morgan fingerprint density at radius 1 is 1.41 bits per heavy atom. The van der Waals surface area contributed by atoms with E-state index < -0.39 is 5.91 Å². The third-order valence-electron chi connectivity index (χ3n) is 2.62. The van der Waals surface area contributed by atoms with Crippen molar-refractivity contribution in [2.45, 2.75) is 20.8 Å². The number of rotatable bonds is 5. The lowest BCUT2D eigenvalue weighted by atomic mass is 10.1. The van der Waals surface area contributed by atoms with Gasteiger partial charge in [-0.2, -0.15) is 0 Å². The van der Waals surface area contributed by atoms with Gasteiger partial charge in [-0.15, -0.1) is 0 Å². The summed E-state index contributed by atoms with van der Waals surface area (Å²) in [4.78, 5) is 13.3. The Balaban J connectivity index is 3.08. The molecule has 0 bridgehead atoms. The van der Waals surface area contributed by atoms with Crippen molar-refractivity contribution in [1.82, 2.24) is 0 Å². The Bertz CT molecular complexity index is 402. The van der Waals surface area contributed by atoms with Crippen LogP contribution in [0.3, 0.4) is 0 Å². The summed E-state index contributed by atoms with van der Waals surface area (Å²) in [7, 11) is 0. The molecule has 0 saturated carbocycles. The van der Waals surface area contributed by atoms with Crippen LogP contribution in [-0.4, -0.2) is 19.0 Å². The number of hydrogen-bond acceptors (Lipinski definition) is 3. The van der Waals surface area contributed by atoms with Crippen LogP contribution < -0.4 is 16.4 Å². The van der Waals surface area contributed by atoms with Gasteiger partial charge in [-0.05, 0) is 31.0 Å². The van der Waals surface area contributed by atoms with Crippen LogP contribution in [0.1, 0.15) is 31.1 Å². The van der Waals surface area contributed by atoms with Crippen molar-refractivity contribution >= 4 is 17.3 Å². The summed E-state index contributed by atoms with van der Waals surface area (Å²) in [5.74, 6) is 0.110. The molecule has 0 spiro atoms. The molecule has 4 nitrogen and oxygen atoms in total. The maximum atomic E-state index is 11.2. The standard InChI is InChI=1S/C13H21N3O/c1-4-16(8-9(2)3)12-7-10(13(15)17)5-6-11(12)14/h5-7,9H,4,8,14H2,1-3H3,(H2,15,17). The van der Waals surface area contributed by atoms with E-state index in [2.05, 4.69) is 25.7 Å². The maximum absolute atomic E-state index is 11.2. The van der Waals surface area contributed by atoms with Gasteiger partial charge < -0.3 is 16.4 Å². The fraction of sp³-hybridized carbons (Fsp3) is 0.462. The van der Waals surface area contributed by atoms with Gasteiger partial charge in [0.25, 0.3) is 0 Å². The quantitative estimate of drug-likeness (QED) is 0.765. The normalized spacial score (nSPS) is 10.6. The molecule has 1 aromatic carbocycles. The van der Waals surface area contributed by atoms with Gasteiger partial charge >= 0.3 is 0 Å². The van der Waals surface area contributed by atoms with Gasteiger partial charge in [-0.1, -0.05) is 13.8 Å². The number of benzene rings is 1. The van der Waals surface area contributed by atoms with E-state index in [-0.39, 0.29) is 0 Å². The summed E-state index contributed by atoms with van der Waals surface area (Å²) >= 11 is 0. The van der Waals surface area contributed by atoms with Crippen molar-refractivity contribution in [3.05, 3.63) is 23.8 Å². The smallest absolute Gasteiger partial charge is 0.248 e. The van der Waals surface area contributed by atoms with Crippen LogP contribution >= 0.6 is 0 Å². The van der Waals surface area contributed by atoms with E-state index >= 15 is 0 Å². The minimum absolute atomic E-state index is 0.424. The molecule has 4 N–H and O–H groups in total. The molecule has 1 aromatic rings. The molecule has 94 valence electrons. The molecule has 0 aliphatic carbocycles. The largest absolute Gasteiger partial charge is 0.397 e. The molecule has 0 atom stereocenters. The molecule has 0 aliphatic heterocycles. The van der Waals surface area contributed by atoms with E-state index in [1.165, 1.54) is 0 Å². The molecule has 0 saturated heterocycles. The zero-order chi connectivity index (χ0) is 13.0. The topological polar surface area (TPSA) is 72.3 Å². The molecule has 0 aromatic heterocycles. The summed E-state index contributed by atoms with van der Waals surface area (Å²) < 4.78 is 0. The highest BCUT2D eigenvalue weighted by Crippen LogP contribution is 2.25. The Labute approximate surface area is 103 Å². The lowest BCUT2D eigenvalue weighted by Gasteiger charge is -2.26. The summed E-state index contributed by atoms with van der Waals surface area (Å²) in [6.45, 7) is 8.12. The van der Waals surface area contributed by atoms with E-state index in [0.717, 1.165) is 18.8 Å². The van der Waals surface area contributed by atoms with Gasteiger partial charge in [0, 0.05) is 18.7 Å². The number of anilines is 2. The van der Waals surface area contributed by atoms with Gasteiger partial charge in [-0.25, -0.2) is 0 Å². The van der Waals surface area contributed by atoms with Crippen molar-refractivity contribution < 1.29 is 4.79 Å². The summed E-state index contributed by atoms with van der Waals surface area (Å²) in [6, 6.07) is 5.16. The zero-order valence-corrected chi connectivity index (χ0v) is 10.7. The zero-order valence-electron chi connectivity index (χ0n) is 10.7. The summed E-state index contributed by atoms with van der Waals surface area (Å²) in [5, 5.41) is 0. The second-order valence-electron chi connectivity index (χ2n) is 4.57. The van der Waals surface area contributed by atoms with E-state index in [9.17, 15) is 4.79 Å². The lowest BCUT2D eigenvalue weighted by Crippen LogP contribution is -2.28. The van der Waals surface area contributed by atoms with Gasteiger partial charge in [0.05, 0.1) is 11.4 Å². The molecule has 17 heavy (non-hydrogen) atoms. The Morgan fingerprint density at radius 3 is 2.53 bits per heavy atom. The van der Waals surface area contributed by atoms with Crippen molar-refractivity contribution in [1.29, 1.82) is 0 Å². The minimum Gasteiger partial charge on any atom is -0.397 e. The number of carbonyl (C=O) groups excluding carboxylic acids is 1. The number of carbonyl (C=O) groups is 1. The monoisotopic (exact) mass is 235 g/mol. The van der Waals surface area contributed by atoms with Crippen LogP contribution in [0.2, 0.25) is 0 Å². The van der Waals surface area contributed by atoms with Crippen LogP contribution in [-0.2, 0) is 0 Å². The fourth-order valence-electron chi connectivity index (χ4n) is 1.81. The van der Waals surface area contributed by atoms with E-state index in [0.29, 0.717) is 17.2 Å². The SMILES string of the molecule is CCN(CC(C)C)c1cc(C(N)=O)ccc1N. The van der Waals surface area contributed by atoms with E-state index in [4.69, 9.17) is 11.5 Å². The first-order valence-corrected chi connectivity index (χ1v) is 5.90. The molecule has 0 fully saturated rings. The third-order valence-corrected chi connectivity index (χ3v) is 2.62. The predicted molar refractivity (Wildman–Crippen MR) is 72.1 cm³/mol. The average molecular weight is 235 g/mol. The highest BCUT2D eigenvalue weighted by atomic mass is 16.1. The van der Waals surface area contributed by atoms with Crippen LogP contribution in [0.5, 0.6) is 0 Å². The number of nitrogen functional groups attached to an aromatic ring is 1. The number of primary amides is 1.